The third-order valence-electron chi connectivity index (χ3n) is 3.29. The van der Waals surface area contributed by atoms with Crippen LogP contribution in [0.4, 0.5) is 0 Å². The molecule has 1 amide bonds. The van der Waals surface area contributed by atoms with Crippen LogP contribution >= 0.6 is 11.3 Å². The molecule has 2 heterocycles. The molecule has 0 N–H and O–H groups in total. The molecule has 0 radical (unpaired) electrons. The van der Waals surface area contributed by atoms with Gasteiger partial charge in [-0.2, -0.15) is 0 Å². The van der Waals surface area contributed by atoms with E-state index in [1.165, 1.54) is 11.3 Å². The highest BCUT2D eigenvalue weighted by atomic mass is 32.1. The van der Waals surface area contributed by atoms with Gasteiger partial charge in [0.25, 0.3) is 5.91 Å². The number of carbonyl (C=O) groups is 1. The molecule has 0 saturated carbocycles. The van der Waals surface area contributed by atoms with Crippen LogP contribution in [0.5, 0.6) is 0 Å². The molecule has 0 atom stereocenters. The van der Waals surface area contributed by atoms with Crippen LogP contribution in [-0.4, -0.2) is 48.9 Å². The number of hydrogen-bond donors (Lipinski definition) is 0. The second kappa shape index (κ2) is 4.97. The molecule has 1 fully saturated rings. The maximum absolute atomic E-state index is 12.1. The van der Waals surface area contributed by atoms with Crippen molar-refractivity contribution in [2.24, 2.45) is 0 Å². The van der Waals surface area contributed by atoms with Gasteiger partial charge in [-0.25, -0.2) is 0 Å². The maximum atomic E-state index is 12.1. The second-order valence-electron chi connectivity index (χ2n) is 4.43. The third-order valence-corrected chi connectivity index (χ3v) is 4.15. The minimum absolute atomic E-state index is 0.171. The molecule has 16 heavy (non-hydrogen) atoms. The number of likely N-dealkylation sites (tertiary alicyclic amines) is 1. The highest BCUT2D eigenvalue weighted by Crippen LogP contribution is 2.18. The Labute approximate surface area is 101 Å². The lowest BCUT2D eigenvalue weighted by molar-refractivity contribution is 0.0664. The van der Waals surface area contributed by atoms with Gasteiger partial charge in [0.1, 0.15) is 0 Å². The maximum Gasteiger partial charge on any atom is 0.263 e. The van der Waals surface area contributed by atoms with Gasteiger partial charge in [0.05, 0.1) is 4.88 Å². The van der Waals surface area contributed by atoms with Crippen LogP contribution in [-0.2, 0) is 0 Å². The normalized spacial score (nSPS) is 18.6. The van der Waals surface area contributed by atoms with Crippen LogP contribution in [0.3, 0.4) is 0 Å². The summed E-state index contributed by atoms with van der Waals surface area (Å²) in [6.07, 6.45) is 2.17. The van der Waals surface area contributed by atoms with Gasteiger partial charge in [0, 0.05) is 13.1 Å². The first kappa shape index (κ1) is 11.6. The fourth-order valence-electron chi connectivity index (χ4n) is 2.12. The van der Waals surface area contributed by atoms with Crippen LogP contribution in [0.25, 0.3) is 0 Å². The van der Waals surface area contributed by atoms with Gasteiger partial charge in [-0.15, -0.1) is 11.3 Å². The van der Waals surface area contributed by atoms with Gasteiger partial charge in [-0.3, -0.25) is 4.79 Å². The van der Waals surface area contributed by atoms with E-state index in [1.54, 1.807) is 0 Å². The predicted molar refractivity (Wildman–Crippen MR) is 66.9 cm³/mol. The minimum atomic E-state index is 0.171. The molecule has 0 aliphatic carbocycles. The Hall–Kier alpha value is -0.870. The number of rotatable bonds is 2. The van der Waals surface area contributed by atoms with E-state index in [0.717, 1.165) is 30.8 Å². The smallest absolute Gasteiger partial charge is 0.263 e. The zero-order valence-corrected chi connectivity index (χ0v) is 10.7. The summed E-state index contributed by atoms with van der Waals surface area (Å²) in [5, 5.41) is 1.95. The molecule has 4 heteroatoms. The molecule has 0 aromatic carbocycles. The highest BCUT2D eigenvalue weighted by molar-refractivity contribution is 7.12. The molecule has 1 saturated heterocycles. The van der Waals surface area contributed by atoms with E-state index in [0.29, 0.717) is 6.04 Å². The van der Waals surface area contributed by atoms with Crippen molar-refractivity contribution in [1.82, 2.24) is 9.80 Å². The third kappa shape index (κ3) is 2.44. The van der Waals surface area contributed by atoms with Crippen molar-refractivity contribution in [3.8, 4) is 0 Å². The molecule has 1 aliphatic rings. The average molecular weight is 238 g/mol. The quantitative estimate of drug-likeness (QED) is 0.786. The standard InChI is InChI=1S/C12H18N2OS/c1-13-7-5-10(6-8-13)14(2)12(15)11-4-3-9-16-11/h3-4,9-10H,5-8H2,1-2H3. The summed E-state index contributed by atoms with van der Waals surface area (Å²) in [6.45, 7) is 2.18. The first-order chi connectivity index (χ1) is 7.68. The zero-order chi connectivity index (χ0) is 11.5. The summed E-state index contributed by atoms with van der Waals surface area (Å²) in [4.78, 5) is 17.2. The lowest BCUT2D eigenvalue weighted by Gasteiger charge is -2.34. The summed E-state index contributed by atoms with van der Waals surface area (Å²) in [6, 6.07) is 4.24. The van der Waals surface area contributed by atoms with Crippen LogP contribution < -0.4 is 0 Å². The molecule has 1 aromatic rings. The van der Waals surface area contributed by atoms with E-state index in [1.807, 2.05) is 29.5 Å². The number of amides is 1. The van der Waals surface area contributed by atoms with Crippen molar-refractivity contribution in [3.05, 3.63) is 22.4 Å². The predicted octanol–water partition coefficient (Wildman–Crippen LogP) is 1.91. The van der Waals surface area contributed by atoms with Crippen LogP contribution in [0.2, 0.25) is 0 Å². The van der Waals surface area contributed by atoms with E-state index in [2.05, 4.69) is 11.9 Å². The zero-order valence-electron chi connectivity index (χ0n) is 9.85. The number of thiophene rings is 1. The fraction of sp³-hybridized carbons (Fsp3) is 0.583. The lowest BCUT2D eigenvalue weighted by Crippen LogP contribution is -2.44. The number of carbonyl (C=O) groups excluding carboxylic acids is 1. The summed E-state index contributed by atoms with van der Waals surface area (Å²) < 4.78 is 0. The van der Waals surface area contributed by atoms with Gasteiger partial charge in [0.2, 0.25) is 0 Å². The van der Waals surface area contributed by atoms with E-state index in [4.69, 9.17) is 0 Å². The summed E-state index contributed by atoms with van der Waals surface area (Å²) >= 11 is 1.52. The average Bonchev–Trinajstić information content (AvgIpc) is 2.81. The number of nitrogens with zero attached hydrogens (tertiary/aromatic N) is 2. The van der Waals surface area contributed by atoms with Gasteiger partial charge in [-0.1, -0.05) is 6.07 Å². The van der Waals surface area contributed by atoms with Crippen molar-refractivity contribution in [2.45, 2.75) is 18.9 Å². The van der Waals surface area contributed by atoms with Crippen molar-refractivity contribution in [3.63, 3.8) is 0 Å². The first-order valence-corrected chi connectivity index (χ1v) is 6.55. The van der Waals surface area contributed by atoms with Crippen molar-refractivity contribution in [1.29, 1.82) is 0 Å². The Morgan fingerprint density at radius 3 is 2.75 bits per heavy atom. The molecule has 88 valence electrons. The Bertz CT molecular complexity index is 342. The Morgan fingerprint density at radius 2 is 2.19 bits per heavy atom. The Balaban J connectivity index is 1.97. The van der Waals surface area contributed by atoms with E-state index < -0.39 is 0 Å². The first-order valence-electron chi connectivity index (χ1n) is 5.67. The molecule has 0 unspecified atom stereocenters. The number of hydrogen-bond acceptors (Lipinski definition) is 3. The van der Waals surface area contributed by atoms with Gasteiger partial charge in [-0.05, 0) is 44.4 Å². The topological polar surface area (TPSA) is 23.6 Å². The van der Waals surface area contributed by atoms with E-state index >= 15 is 0 Å². The summed E-state index contributed by atoms with van der Waals surface area (Å²) in [5.41, 5.74) is 0. The Kier molecular flexibility index (Phi) is 3.61. The second-order valence-corrected chi connectivity index (χ2v) is 5.38. The summed E-state index contributed by atoms with van der Waals surface area (Å²) in [5.74, 6) is 0.171. The fourth-order valence-corrected chi connectivity index (χ4v) is 2.83. The van der Waals surface area contributed by atoms with Crippen LogP contribution in [0, 0.1) is 0 Å². The Morgan fingerprint density at radius 1 is 1.50 bits per heavy atom. The van der Waals surface area contributed by atoms with E-state index in [-0.39, 0.29) is 5.91 Å². The van der Waals surface area contributed by atoms with Gasteiger partial charge < -0.3 is 9.80 Å². The monoisotopic (exact) mass is 238 g/mol. The highest BCUT2D eigenvalue weighted by Gasteiger charge is 2.24. The largest absolute Gasteiger partial charge is 0.338 e. The van der Waals surface area contributed by atoms with Crippen molar-refractivity contribution < 1.29 is 4.79 Å². The molecule has 0 bridgehead atoms. The molecule has 3 nitrogen and oxygen atoms in total. The summed E-state index contributed by atoms with van der Waals surface area (Å²) in [7, 11) is 4.06. The SMILES string of the molecule is CN1CCC(N(C)C(=O)c2cccs2)CC1. The van der Waals surface area contributed by atoms with Crippen molar-refractivity contribution in [2.75, 3.05) is 27.2 Å². The molecule has 0 spiro atoms. The van der Waals surface area contributed by atoms with Crippen molar-refractivity contribution >= 4 is 17.2 Å². The van der Waals surface area contributed by atoms with Crippen LogP contribution in [0.15, 0.2) is 17.5 Å². The molecular formula is C12H18N2OS. The molecule has 1 aromatic heterocycles. The molecular weight excluding hydrogens is 220 g/mol. The molecule has 1 aliphatic heterocycles. The van der Waals surface area contributed by atoms with Crippen LogP contribution in [0.1, 0.15) is 22.5 Å². The molecule has 2 rings (SSSR count). The number of piperidine rings is 1. The van der Waals surface area contributed by atoms with Gasteiger partial charge >= 0.3 is 0 Å². The minimum Gasteiger partial charge on any atom is -0.338 e. The lowest BCUT2D eigenvalue weighted by atomic mass is 10.0. The van der Waals surface area contributed by atoms with Gasteiger partial charge in [0.15, 0.2) is 0 Å². The van der Waals surface area contributed by atoms with E-state index in [9.17, 15) is 4.79 Å².